The van der Waals surface area contributed by atoms with Crippen LogP contribution in [0, 0.1) is 0 Å². The maximum Gasteiger partial charge on any atom is 0.292 e. The van der Waals surface area contributed by atoms with Gasteiger partial charge in [0.05, 0.1) is 6.20 Å². The fourth-order valence-electron chi connectivity index (χ4n) is 1.64. The second-order valence-electron chi connectivity index (χ2n) is 3.44. The summed E-state index contributed by atoms with van der Waals surface area (Å²) in [4.78, 5) is 13.5. The van der Waals surface area contributed by atoms with Gasteiger partial charge in [-0.25, -0.2) is 0 Å². The minimum atomic E-state index is -0.101. The number of carbonyl (C=O) groups is 1. The molecule has 1 fully saturated rings. The highest BCUT2D eigenvalue weighted by atomic mass is 16.5. The molecule has 1 N–H and O–H groups in total. The Morgan fingerprint density at radius 1 is 1.79 bits per heavy atom. The van der Waals surface area contributed by atoms with Crippen molar-refractivity contribution >= 4 is 5.91 Å². The molecule has 0 radical (unpaired) electrons. The molecule has 5 heteroatoms. The highest BCUT2D eigenvalue weighted by Gasteiger charge is 2.25. The van der Waals surface area contributed by atoms with E-state index in [1.54, 1.807) is 18.0 Å². The van der Waals surface area contributed by atoms with Crippen molar-refractivity contribution in [2.24, 2.45) is 0 Å². The summed E-state index contributed by atoms with van der Waals surface area (Å²) in [6.45, 7) is 1.83. The first-order valence-electron chi connectivity index (χ1n) is 4.67. The number of rotatable bonds is 2. The van der Waals surface area contributed by atoms with Crippen molar-refractivity contribution in [1.82, 2.24) is 15.4 Å². The van der Waals surface area contributed by atoms with Crippen molar-refractivity contribution in [2.45, 2.75) is 12.5 Å². The maximum atomic E-state index is 11.8. The third kappa shape index (κ3) is 1.63. The summed E-state index contributed by atoms with van der Waals surface area (Å²) < 4.78 is 4.81. The van der Waals surface area contributed by atoms with E-state index in [1.807, 2.05) is 0 Å². The van der Waals surface area contributed by atoms with Crippen LogP contribution in [-0.4, -0.2) is 42.1 Å². The average molecular weight is 195 g/mol. The Morgan fingerprint density at radius 2 is 2.64 bits per heavy atom. The van der Waals surface area contributed by atoms with Gasteiger partial charge in [0.15, 0.2) is 0 Å². The molecule has 5 nitrogen and oxygen atoms in total. The average Bonchev–Trinajstić information content (AvgIpc) is 2.87. The smallest absolute Gasteiger partial charge is 0.292 e. The molecule has 76 valence electrons. The van der Waals surface area contributed by atoms with Crippen LogP contribution in [0.1, 0.15) is 17.0 Å². The van der Waals surface area contributed by atoms with Crippen LogP contribution in [0.4, 0.5) is 0 Å². The van der Waals surface area contributed by atoms with E-state index in [-0.39, 0.29) is 11.9 Å². The molecule has 0 aliphatic carbocycles. The van der Waals surface area contributed by atoms with E-state index in [0.717, 1.165) is 19.5 Å². The zero-order valence-electron chi connectivity index (χ0n) is 8.06. The standard InChI is InChI=1S/C9H13N3O2/c1-12(7-2-4-10-6-7)9(13)8-3-5-11-14-8/h3,5,7,10H,2,4,6H2,1H3. The summed E-state index contributed by atoms with van der Waals surface area (Å²) in [5.41, 5.74) is 0. The predicted octanol–water partition coefficient (Wildman–Crippen LogP) is 0.108. The number of hydrogen-bond donors (Lipinski definition) is 1. The summed E-state index contributed by atoms with van der Waals surface area (Å²) in [5, 5.41) is 6.73. The van der Waals surface area contributed by atoms with Crippen molar-refractivity contribution in [3.63, 3.8) is 0 Å². The van der Waals surface area contributed by atoms with Gasteiger partial charge in [-0.3, -0.25) is 4.79 Å². The van der Waals surface area contributed by atoms with E-state index in [2.05, 4.69) is 10.5 Å². The van der Waals surface area contributed by atoms with Crippen LogP contribution in [0.3, 0.4) is 0 Å². The molecule has 0 bridgehead atoms. The van der Waals surface area contributed by atoms with Crippen molar-refractivity contribution in [3.05, 3.63) is 18.0 Å². The Balaban J connectivity index is 2.04. The molecule has 1 aromatic rings. The van der Waals surface area contributed by atoms with Crippen molar-refractivity contribution in [1.29, 1.82) is 0 Å². The van der Waals surface area contributed by atoms with Crippen LogP contribution in [0.2, 0.25) is 0 Å². The Bertz CT molecular complexity index is 304. The first kappa shape index (κ1) is 9.21. The van der Waals surface area contributed by atoms with Crippen LogP contribution in [0.25, 0.3) is 0 Å². The number of nitrogens with one attached hydrogen (secondary N) is 1. The molecule has 1 atom stereocenters. The van der Waals surface area contributed by atoms with E-state index in [4.69, 9.17) is 4.52 Å². The highest BCUT2D eigenvalue weighted by molar-refractivity contribution is 5.91. The fourth-order valence-corrected chi connectivity index (χ4v) is 1.64. The number of amides is 1. The molecule has 1 unspecified atom stereocenters. The SMILES string of the molecule is CN(C(=O)c1ccno1)C1CCNC1. The van der Waals surface area contributed by atoms with Gasteiger partial charge in [0.2, 0.25) is 5.76 Å². The largest absolute Gasteiger partial charge is 0.351 e. The number of nitrogens with zero attached hydrogens (tertiary/aromatic N) is 2. The van der Waals surface area contributed by atoms with Gasteiger partial charge in [0.1, 0.15) is 0 Å². The van der Waals surface area contributed by atoms with Crippen LogP contribution >= 0.6 is 0 Å². The van der Waals surface area contributed by atoms with Crippen LogP contribution < -0.4 is 5.32 Å². The Hall–Kier alpha value is -1.36. The molecular formula is C9H13N3O2. The van der Waals surface area contributed by atoms with Gasteiger partial charge in [-0.05, 0) is 13.0 Å². The normalized spacial score (nSPS) is 21.1. The number of aromatic nitrogens is 1. The van der Waals surface area contributed by atoms with E-state index in [9.17, 15) is 4.79 Å². The second kappa shape index (κ2) is 3.79. The van der Waals surface area contributed by atoms with E-state index >= 15 is 0 Å². The minimum Gasteiger partial charge on any atom is -0.351 e. The topological polar surface area (TPSA) is 58.4 Å². The van der Waals surface area contributed by atoms with Gasteiger partial charge >= 0.3 is 0 Å². The lowest BCUT2D eigenvalue weighted by Gasteiger charge is -2.22. The molecule has 2 rings (SSSR count). The van der Waals surface area contributed by atoms with E-state index in [0.29, 0.717) is 5.76 Å². The molecule has 1 aliphatic heterocycles. The van der Waals surface area contributed by atoms with Gasteiger partial charge in [-0.1, -0.05) is 5.16 Å². The summed E-state index contributed by atoms with van der Waals surface area (Å²) in [5.74, 6) is 0.204. The Labute approximate surface area is 82.1 Å². The molecule has 1 amide bonds. The summed E-state index contributed by atoms with van der Waals surface area (Å²) in [6.07, 6.45) is 2.48. The molecule has 1 aromatic heterocycles. The monoisotopic (exact) mass is 195 g/mol. The van der Waals surface area contributed by atoms with Gasteiger partial charge in [0, 0.05) is 25.7 Å². The number of carbonyl (C=O) groups excluding carboxylic acids is 1. The van der Waals surface area contributed by atoms with Gasteiger partial charge in [-0.15, -0.1) is 0 Å². The Morgan fingerprint density at radius 3 is 3.21 bits per heavy atom. The van der Waals surface area contributed by atoms with E-state index < -0.39 is 0 Å². The van der Waals surface area contributed by atoms with Crippen LogP contribution in [-0.2, 0) is 0 Å². The lowest BCUT2D eigenvalue weighted by Crippen LogP contribution is -2.38. The first-order valence-corrected chi connectivity index (χ1v) is 4.67. The minimum absolute atomic E-state index is 0.101. The van der Waals surface area contributed by atoms with Crippen molar-refractivity contribution < 1.29 is 9.32 Å². The second-order valence-corrected chi connectivity index (χ2v) is 3.44. The van der Waals surface area contributed by atoms with Crippen molar-refractivity contribution in [3.8, 4) is 0 Å². The maximum absolute atomic E-state index is 11.8. The third-order valence-electron chi connectivity index (χ3n) is 2.55. The lowest BCUT2D eigenvalue weighted by atomic mass is 10.2. The first-order chi connectivity index (χ1) is 6.79. The molecule has 0 saturated carbocycles. The predicted molar refractivity (Wildman–Crippen MR) is 49.9 cm³/mol. The molecule has 0 spiro atoms. The van der Waals surface area contributed by atoms with Gasteiger partial charge in [0.25, 0.3) is 5.91 Å². The summed E-state index contributed by atoms with van der Waals surface area (Å²) in [7, 11) is 1.79. The third-order valence-corrected chi connectivity index (χ3v) is 2.55. The number of hydrogen-bond acceptors (Lipinski definition) is 4. The van der Waals surface area contributed by atoms with E-state index in [1.165, 1.54) is 6.20 Å². The fraction of sp³-hybridized carbons (Fsp3) is 0.556. The quantitative estimate of drug-likeness (QED) is 0.727. The molecule has 1 saturated heterocycles. The molecule has 0 aromatic carbocycles. The molecule has 2 heterocycles. The Kier molecular flexibility index (Phi) is 2.49. The molecular weight excluding hydrogens is 182 g/mol. The molecule has 1 aliphatic rings. The summed E-state index contributed by atoms with van der Waals surface area (Å²) >= 11 is 0. The highest BCUT2D eigenvalue weighted by Crippen LogP contribution is 2.10. The molecule has 14 heavy (non-hydrogen) atoms. The lowest BCUT2D eigenvalue weighted by molar-refractivity contribution is 0.0701. The van der Waals surface area contributed by atoms with Crippen molar-refractivity contribution in [2.75, 3.05) is 20.1 Å². The zero-order chi connectivity index (χ0) is 9.97. The zero-order valence-corrected chi connectivity index (χ0v) is 8.06. The summed E-state index contributed by atoms with van der Waals surface area (Å²) in [6, 6.07) is 1.86. The number of likely N-dealkylation sites (N-methyl/N-ethyl adjacent to an activating group) is 1. The van der Waals surface area contributed by atoms with Gasteiger partial charge in [-0.2, -0.15) is 0 Å². The van der Waals surface area contributed by atoms with Crippen LogP contribution in [0.5, 0.6) is 0 Å². The van der Waals surface area contributed by atoms with Crippen LogP contribution in [0.15, 0.2) is 16.8 Å². The van der Waals surface area contributed by atoms with Gasteiger partial charge < -0.3 is 14.7 Å².